The van der Waals surface area contributed by atoms with Gasteiger partial charge in [0.05, 0.1) is 12.6 Å². The molecule has 1 aliphatic carbocycles. The molecule has 4 amide bonds. The molecule has 1 saturated heterocycles. The second-order valence-corrected chi connectivity index (χ2v) is 11.7. The van der Waals surface area contributed by atoms with Gasteiger partial charge in [-0.1, -0.05) is 29.8 Å². The Bertz CT molecular complexity index is 1130. The summed E-state index contributed by atoms with van der Waals surface area (Å²) in [4.78, 5) is 39.1. The standard InChI is InChI=1S/C30H41N5O3/c1-20-6-5-7-23(16-20)28(37)31-17-27(36)32-25-18-35(19-25)26-14-10-22(11-15-26)21-8-12-24(13-9-21)33-29(38)34-30(2,3)4/h5-9,12-13,16,22,25-26H,10-11,14-15,17-19H2,1-4H3,(H,31,37)(H,32,36)(H2,33,34,38). The second kappa shape index (κ2) is 12.0. The predicted octanol–water partition coefficient (Wildman–Crippen LogP) is 4.17. The molecule has 38 heavy (non-hydrogen) atoms. The SMILES string of the molecule is Cc1cccc(C(=O)NCC(=O)NC2CN(C3CCC(c4ccc(NC(=O)NC(C)(C)C)cc4)CC3)C2)c1. The van der Waals surface area contributed by atoms with Crippen molar-refractivity contribution in [3.63, 3.8) is 0 Å². The Balaban J connectivity index is 1.13. The fourth-order valence-corrected chi connectivity index (χ4v) is 5.35. The van der Waals surface area contributed by atoms with Crippen molar-refractivity contribution in [1.82, 2.24) is 20.9 Å². The van der Waals surface area contributed by atoms with E-state index in [0.29, 0.717) is 17.5 Å². The van der Waals surface area contributed by atoms with Crippen LogP contribution in [0.4, 0.5) is 10.5 Å². The van der Waals surface area contributed by atoms with Crippen LogP contribution in [0.15, 0.2) is 48.5 Å². The lowest BCUT2D eigenvalue weighted by molar-refractivity contribution is -0.122. The van der Waals surface area contributed by atoms with Crippen molar-refractivity contribution in [3.05, 3.63) is 65.2 Å². The monoisotopic (exact) mass is 519 g/mol. The van der Waals surface area contributed by atoms with E-state index in [4.69, 9.17) is 0 Å². The van der Waals surface area contributed by atoms with Crippen LogP contribution in [0.25, 0.3) is 0 Å². The molecule has 8 heteroatoms. The van der Waals surface area contributed by atoms with Crippen LogP contribution in [-0.4, -0.2) is 60.0 Å². The van der Waals surface area contributed by atoms with Gasteiger partial charge in [-0.2, -0.15) is 0 Å². The van der Waals surface area contributed by atoms with Crippen molar-refractivity contribution < 1.29 is 14.4 Å². The fourth-order valence-electron chi connectivity index (χ4n) is 5.35. The molecule has 1 heterocycles. The summed E-state index contributed by atoms with van der Waals surface area (Å²) in [5.74, 6) is 0.165. The summed E-state index contributed by atoms with van der Waals surface area (Å²) >= 11 is 0. The first-order valence-corrected chi connectivity index (χ1v) is 13.6. The van der Waals surface area contributed by atoms with Gasteiger partial charge in [-0.25, -0.2) is 4.79 Å². The van der Waals surface area contributed by atoms with Crippen molar-refractivity contribution in [2.75, 3.05) is 25.0 Å². The third-order valence-corrected chi connectivity index (χ3v) is 7.31. The Morgan fingerprint density at radius 1 is 0.947 bits per heavy atom. The van der Waals surface area contributed by atoms with Crippen LogP contribution < -0.4 is 21.3 Å². The minimum atomic E-state index is -0.274. The highest BCUT2D eigenvalue weighted by Crippen LogP contribution is 2.36. The second-order valence-electron chi connectivity index (χ2n) is 11.7. The molecule has 0 atom stereocenters. The lowest BCUT2D eigenvalue weighted by Gasteiger charge is -2.46. The number of aryl methyl sites for hydroxylation is 1. The number of benzene rings is 2. The summed E-state index contributed by atoms with van der Waals surface area (Å²) in [6, 6.07) is 16.1. The number of amides is 4. The molecule has 1 aliphatic heterocycles. The summed E-state index contributed by atoms with van der Waals surface area (Å²) in [5.41, 5.74) is 3.43. The highest BCUT2D eigenvalue weighted by atomic mass is 16.2. The Labute approximate surface area is 225 Å². The van der Waals surface area contributed by atoms with Crippen LogP contribution in [0.2, 0.25) is 0 Å². The maximum atomic E-state index is 12.3. The van der Waals surface area contributed by atoms with Gasteiger partial charge in [0.25, 0.3) is 5.91 Å². The molecule has 0 unspecified atom stereocenters. The topological polar surface area (TPSA) is 103 Å². The molecule has 2 fully saturated rings. The van der Waals surface area contributed by atoms with Crippen molar-refractivity contribution >= 4 is 23.5 Å². The molecule has 2 aromatic carbocycles. The molecule has 1 saturated carbocycles. The quantitative estimate of drug-likeness (QED) is 0.441. The first-order chi connectivity index (χ1) is 18.1. The van der Waals surface area contributed by atoms with Crippen LogP contribution in [0.1, 0.15) is 73.9 Å². The number of hydrogen-bond acceptors (Lipinski definition) is 4. The van der Waals surface area contributed by atoms with E-state index in [9.17, 15) is 14.4 Å². The number of carbonyl (C=O) groups excluding carboxylic acids is 3. The van der Waals surface area contributed by atoms with E-state index >= 15 is 0 Å². The van der Waals surface area contributed by atoms with E-state index < -0.39 is 0 Å². The van der Waals surface area contributed by atoms with Crippen molar-refractivity contribution in [3.8, 4) is 0 Å². The molecule has 2 aliphatic rings. The van der Waals surface area contributed by atoms with E-state index in [1.165, 1.54) is 5.56 Å². The third-order valence-electron chi connectivity index (χ3n) is 7.31. The number of carbonyl (C=O) groups is 3. The van der Waals surface area contributed by atoms with Crippen LogP contribution in [0.5, 0.6) is 0 Å². The Morgan fingerprint density at radius 3 is 2.26 bits per heavy atom. The Kier molecular flexibility index (Phi) is 8.72. The predicted molar refractivity (Wildman–Crippen MR) is 150 cm³/mol. The van der Waals surface area contributed by atoms with E-state index in [2.05, 4.69) is 38.3 Å². The molecule has 0 aromatic heterocycles. The molecule has 4 N–H and O–H groups in total. The van der Waals surface area contributed by atoms with Crippen LogP contribution in [0, 0.1) is 6.92 Å². The average molecular weight is 520 g/mol. The van der Waals surface area contributed by atoms with E-state index in [1.807, 2.05) is 58.0 Å². The zero-order valence-corrected chi connectivity index (χ0v) is 23.0. The van der Waals surface area contributed by atoms with Crippen molar-refractivity contribution in [1.29, 1.82) is 0 Å². The lowest BCUT2D eigenvalue weighted by Crippen LogP contribution is -2.63. The zero-order chi connectivity index (χ0) is 27.3. The van der Waals surface area contributed by atoms with Crippen molar-refractivity contribution in [2.45, 2.75) is 76.9 Å². The molecule has 2 aromatic rings. The number of urea groups is 1. The summed E-state index contributed by atoms with van der Waals surface area (Å²) in [6.07, 6.45) is 4.57. The molecule has 0 spiro atoms. The fraction of sp³-hybridized carbons (Fsp3) is 0.500. The largest absolute Gasteiger partial charge is 0.349 e. The summed E-state index contributed by atoms with van der Waals surface area (Å²) in [5, 5.41) is 11.6. The van der Waals surface area contributed by atoms with Crippen molar-refractivity contribution in [2.24, 2.45) is 0 Å². The van der Waals surface area contributed by atoms with E-state index in [1.54, 1.807) is 6.07 Å². The van der Waals surface area contributed by atoms with Gasteiger partial charge in [-0.05, 0) is 89.1 Å². The lowest BCUT2D eigenvalue weighted by atomic mass is 9.80. The highest BCUT2D eigenvalue weighted by Gasteiger charge is 2.35. The third kappa shape index (κ3) is 7.81. The van der Waals surface area contributed by atoms with Gasteiger partial charge in [0, 0.05) is 35.9 Å². The van der Waals surface area contributed by atoms with Crippen LogP contribution >= 0.6 is 0 Å². The highest BCUT2D eigenvalue weighted by molar-refractivity contribution is 5.96. The first kappa shape index (κ1) is 27.6. The summed E-state index contributed by atoms with van der Waals surface area (Å²) < 4.78 is 0. The number of nitrogens with one attached hydrogen (secondary N) is 4. The smallest absolute Gasteiger partial charge is 0.319 e. The summed E-state index contributed by atoms with van der Waals surface area (Å²) in [6.45, 7) is 9.52. The maximum absolute atomic E-state index is 12.3. The molecule has 8 nitrogen and oxygen atoms in total. The summed E-state index contributed by atoms with van der Waals surface area (Å²) in [7, 11) is 0. The zero-order valence-electron chi connectivity index (χ0n) is 23.0. The van der Waals surface area contributed by atoms with Crippen LogP contribution in [0.3, 0.4) is 0 Å². The molecular weight excluding hydrogens is 478 g/mol. The minimum Gasteiger partial charge on any atom is -0.349 e. The molecule has 4 rings (SSSR count). The number of likely N-dealkylation sites (tertiary alicyclic amines) is 1. The van der Waals surface area contributed by atoms with Crippen LogP contribution in [-0.2, 0) is 4.79 Å². The van der Waals surface area contributed by atoms with E-state index in [-0.39, 0.29) is 36.0 Å². The van der Waals surface area contributed by atoms with Gasteiger partial charge in [-0.3, -0.25) is 14.5 Å². The molecule has 204 valence electrons. The number of hydrogen-bond donors (Lipinski definition) is 4. The first-order valence-electron chi connectivity index (χ1n) is 13.6. The Hall–Kier alpha value is -3.39. The van der Waals surface area contributed by atoms with Gasteiger partial charge >= 0.3 is 6.03 Å². The number of nitrogens with zero attached hydrogens (tertiary/aromatic N) is 1. The number of rotatable bonds is 7. The minimum absolute atomic E-state index is 0.00996. The average Bonchev–Trinajstić information content (AvgIpc) is 2.84. The Morgan fingerprint density at radius 2 is 1.63 bits per heavy atom. The van der Waals surface area contributed by atoms with Gasteiger partial charge in [0.15, 0.2) is 0 Å². The molecular formula is C30H41N5O3. The van der Waals surface area contributed by atoms with Gasteiger partial charge in [0.2, 0.25) is 5.91 Å². The van der Waals surface area contributed by atoms with Gasteiger partial charge in [0.1, 0.15) is 0 Å². The molecule has 0 radical (unpaired) electrons. The number of anilines is 1. The molecule has 0 bridgehead atoms. The van der Waals surface area contributed by atoms with Gasteiger partial charge in [-0.15, -0.1) is 0 Å². The van der Waals surface area contributed by atoms with E-state index in [0.717, 1.165) is 50.0 Å². The normalized spacial score (nSPS) is 20.2. The van der Waals surface area contributed by atoms with Gasteiger partial charge < -0.3 is 21.3 Å². The maximum Gasteiger partial charge on any atom is 0.319 e.